The first-order valence-electron chi connectivity index (χ1n) is 9.74. The average Bonchev–Trinajstić information content (AvgIpc) is 3.05. The number of nitrogen functional groups attached to an aromatic ring is 1. The van der Waals surface area contributed by atoms with E-state index in [0.29, 0.717) is 10.8 Å². The van der Waals surface area contributed by atoms with Crippen LogP contribution in [0.5, 0.6) is 0 Å². The van der Waals surface area contributed by atoms with E-state index in [2.05, 4.69) is 18.8 Å². The normalized spacial score (nSPS) is 48.3. The van der Waals surface area contributed by atoms with E-state index in [1.165, 1.54) is 68.4 Å². The molecule has 1 heterocycles. The molecule has 2 N–H and O–H groups in total. The Balaban J connectivity index is 1.51. The fourth-order valence-corrected chi connectivity index (χ4v) is 8.46. The fourth-order valence-electron chi connectivity index (χ4n) is 7.42. The van der Waals surface area contributed by atoms with Gasteiger partial charge in [0.05, 0.1) is 5.69 Å². The van der Waals surface area contributed by atoms with Crippen LogP contribution in [0.2, 0.25) is 0 Å². The molecule has 0 spiro atoms. The molecule has 3 fully saturated rings. The minimum atomic E-state index is 0.513. The average molecular weight is 331 g/mol. The quantitative estimate of drug-likeness (QED) is 0.721. The number of nitrogens with zero attached hydrogens (tertiary/aromatic N) is 1. The van der Waals surface area contributed by atoms with E-state index >= 15 is 0 Å². The molecule has 2 nitrogen and oxygen atoms in total. The molecular weight excluding hydrogens is 300 g/mol. The summed E-state index contributed by atoms with van der Waals surface area (Å²) in [5.41, 5.74) is 8.55. The largest absolute Gasteiger partial charge is 0.375 e. The van der Waals surface area contributed by atoms with Crippen LogP contribution in [-0.2, 0) is 12.8 Å². The van der Waals surface area contributed by atoms with Gasteiger partial charge in [0.1, 0.15) is 0 Å². The molecule has 0 saturated heterocycles. The maximum Gasteiger partial charge on any atom is 0.180 e. The van der Waals surface area contributed by atoms with Crippen LogP contribution in [0.3, 0.4) is 0 Å². The van der Waals surface area contributed by atoms with Crippen LogP contribution < -0.4 is 5.73 Å². The molecule has 23 heavy (non-hydrogen) atoms. The van der Waals surface area contributed by atoms with Gasteiger partial charge in [-0.3, -0.25) is 0 Å². The van der Waals surface area contributed by atoms with E-state index in [-0.39, 0.29) is 0 Å². The minimum Gasteiger partial charge on any atom is -0.375 e. The first-order chi connectivity index (χ1) is 11.0. The van der Waals surface area contributed by atoms with E-state index in [4.69, 9.17) is 5.73 Å². The number of aromatic nitrogens is 1. The second-order valence-electron chi connectivity index (χ2n) is 9.54. The van der Waals surface area contributed by atoms with Crippen molar-refractivity contribution in [3.8, 4) is 0 Å². The van der Waals surface area contributed by atoms with Crippen molar-refractivity contribution in [3.05, 3.63) is 10.6 Å². The molecule has 6 atom stereocenters. The topological polar surface area (TPSA) is 38.9 Å². The summed E-state index contributed by atoms with van der Waals surface area (Å²) < 4.78 is 0. The van der Waals surface area contributed by atoms with Crippen molar-refractivity contribution < 1.29 is 0 Å². The van der Waals surface area contributed by atoms with Crippen molar-refractivity contribution in [1.29, 1.82) is 0 Å². The van der Waals surface area contributed by atoms with Crippen molar-refractivity contribution in [2.45, 2.75) is 71.6 Å². The van der Waals surface area contributed by atoms with E-state index < -0.39 is 0 Å². The Bertz CT molecular complexity index is 638. The molecule has 0 aliphatic heterocycles. The lowest BCUT2D eigenvalue weighted by molar-refractivity contribution is -0.0897. The van der Waals surface area contributed by atoms with E-state index in [0.717, 1.165) is 28.8 Å². The van der Waals surface area contributed by atoms with Gasteiger partial charge in [0.25, 0.3) is 0 Å². The van der Waals surface area contributed by atoms with E-state index in [1.807, 2.05) is 0 Å². The Labute approximate surface area is 144 Å². The van der Waals surface area contributed by atoms with Crippen LogP contribution >= 0.6 is 11.3 Å². The SMILES string of the molecule is CC12CCCC1C1CCC3Cc4nc(N)sc4CC3(C)C1CC2. The number of hydrogen-bond donors (Lipinski definition) is 1. The zero-order valence-electron chi connectivity index (χ0n) is 14.6. The van der Waals surface area contributed by atoms with Crippen LogP contribution in [0.4, 0.5) is 5.13 Å². The summed E-state index contributed by atoms with van der Waals surface area (Å²) in [7, 11) is 0. The van der Waals surface area contributed by atoms with Crippen molar-refractivity contribution >= 4 is 16.5 Å². The smallest absolute Gasteiger partial charge is 0.180 e. The summed E-state index contributed by atoms with van der Waals surface area (Å²) in [4.78, 5) is 6.15. The highest BCUT2D eigenvalue weighted by molar-refractivity contribution is 7.15. The molecule has 0 aromatic carbocycles. The molecule has 4 aliphatic carbocycles. The fraction of sp³-hybridized carbons (Fsp3) is 0.850. The number of fused-ring (bicyclic) bond motifs is 6. The molecule has 4 aliphatic rings. The second kappa shape index (κ2) is 4.74. The molecule has 1 aromatic heterocycles. The molecule has 126 valence electrons. The van der Waals surface area contributed by atoms with Gasteiger partial charge in [-0.05, 0) is 85.9 Å². The Morgan fingerprint density at radius 1 is 1.09 bits per heavy atom. The van der Waals surface area contributed by atoms with E-state index in [1.54, 1.807) is 11.3 Å². The molecular formula is C20H30N2S. The molecule has 1 aromatic rings. The summed E-state index contributed by atoms with van der Waals surface area (Å²) in [6.07, 6.45) is 12.8. The second-order valence-corrected chi connectivity index (χ2v) is 10.7. The van der Waals surface area contributed by atoms with Crippen LogP contribution in [0.15, 0.2) is 0 Å². The Morgan fingerprint density at radius 2 is 1.96 bits per heavy atom. The zero-order valence-corrected chi connectivity index (χ0v) is 15.4. The van der Waals surface area contributed by atoms with Gasteiger partial charge in [-0.15, -0.1) is 11.3 Å². The van der Waals surface area contributed by atoms with Crippen molar-refractivity contribution in [2.24, 2.45) is 34.5 Å². The molecule has 5 rings (SSSR count). The van der Waals surface area contributed by atoms with E-state index in [9.17, 15) is 0 Å². The summed E-state index contributed by atoms with van der Waals surface area (Å²) in [5.74, 6) is 3.83. The third kappa shape index (κ3) is 1.95. The number of thiazole rings is 1. The first kappa shape index (κ1) is 14.7. The first-order valence-corrected chi connectivity index (χ1v) is 10.6. The molecule has 0 radical (unpaired) electrons. The third-order valence-corrected chi connectivity index (χ3v) is 9.55. The number of hydrogen-bond acceptors (Lipinski definition) is 3. The number of nitrogens with two attached hydrogens (primary N) is 1. The van der Waals surface area contributed by atoms with Gasteiger partial charge in [-0.25, -0.2) is 4.98 Å². The maximum absolute atomic E-state index is 6.02. The summed E-state index contributed by atoms with van der Waals surface area (Å²) in [5, 5.41) is 0.792. The van der Waals surface area contributed by atoms with Crippen molar-refractivity contribution in [1.82, 2.24) is 4.98 Å². The van der Waals surface area contributed by atoms with Crippen LogP contribution in [-0.4, -0.2) is 4.98 Å². The van der Waals surface area contributed by atoms with Crippen LogP contribution in [0.25, 0.3) is 0 Å². The van der Waals surface area contributed by atoms with Crippen molar-refractivity contribution in [3.63, 3.8) is 0 Å². The summed E-state index contributed by atoms with van der Waals surface area (Å²) >= 11 is 1.77. The predicted octanol–water partition coefficient (Wildman–Crippen LogP) is 5.07. The van der Waals surface area contributed by atoms with Crippen LogP contribution in [0.1, 0.15) is 69.4 Å². The monoisotopic (exact) mass is 330 g/mol. The standard InChI is InChI=1S/C20H30N2S/c1-19-8-3-4-14(19)13-6-5-12-10-16-17(23-18(21)22-16)11-20(12,2)15(13)7-9-19/h12-15H,3-11H2,1-2H3,(H2,21,22). The third-order valence-electron chi connectivity index (χ3n) is 8.62. The highest BCUT2D eigenvalue weighted by Gasteiger charge is 2.58. The van der Waals surface area contributed by atoms with Gasteiger partial charge in [0.2, 0.25) is 0 Å². The maximum atomic E-state index is 6.02. The summed E-state index contributed by atoms with van der Waals surface area (Å²) in [6, 6.07) is 0. The Morgan fingerprint density at radius 3 is 2.83 bits per heavy atom. The van der Waals surface area contributed by atoms with Crippen LogP contribution in [0, 0.1) is 34.5 Å². The highest BCUT2D eigenvalue weighted by atomic mass is 32.1. The lowest BCUT2D eigenvalue weighted by atomic mass is 9.46. The molecule has 0 amide bonds. The Kier molecular flexibility index (Phi) is 3.04. The molecule has 6 unspecified atom stereocenters. The van der Waals surface area contributed by atoms with Gasteiger partial charge >= 0.3 is 0 Å². The molecule has 0 bridgehead atoms. The van der Waals surface area contributed by atoms with Gasteiger partial charge in [-0.2, -0.15) is 0 Å². The Hall–Kier alpha value is -0.570. The van der Waals surface area contributed by atoms with Crippen molar-refractivity contribution in [2.75, 3.05) is 5.73 Å². The van der Waals surface area contributed by atoms with Gasteiger partial charge in [-0.1, -0.05) is 20.3 Å². The lowest BCUT2D eigenvalue weighted by Gasteiger charge is -2.59. The summed E-state index contributed by atoms with van der Waals surface area (Å²) in [6.45, 7) is 5.24. The minimum absolute atomic E-state index is 0.513. The molecule has 3 saturated carbocycles. The van der Waals surface area contributed by atoms with Gasteiger partial charge < -0.3 is 5.73 Å². The lowest BCUT2D eigenvalue weighted by Crippen LogP contribution is -2.53. The van der Waals surface area contributed by atoms with Gasteiger partial charge in [0, 0.05) is 4.88 Å². The van der Waals surface area contributed by atoms with Gasteiger partial charge in [0.15, 0.2) is 5.13 Å². The highest BCUT2D eigenvalue weighted by Crippen LogP contribution is 2.65. The number of rotatable bonds is 0. The zero-order chi connectivity index (χ0) is 15.8. The number of anilines is 1. The molecule has 3 heteroatoms. The predicted molar refractivity (Wildman–Crippen MR) is 96.4 cm³/mol.